The van der Waals surface area contributed by atoms with Gasteiger partial charge in [0.25, 0.3) is 5.91 Å². The molecule has 0 unspecified atom stereocenters. The second kappa shape index (κ2) is 8.31. The van der Waals surface area contributed by atoms with Gasteiger partial charge in [0.1, 0.15) is 0 Å². The minimum atomic E-state index is -0.465. The molecule has 8 nitrogen and oxygen atoms in total. The number of rotatable bonds is 7. The lowest BCUT2D eigenvalue weighted by atomic mass is 10.1. The van der Waals surface area contributed by atoms with Gasteiger partial charge in [-0.2, -0.15) is 5.26 Å². The van der Waals surface area contributed by atoms with Crippen LogP contribution in [0.25, 0.3) is 0 Å². The molecule has 0 saturated heterocycles. The zero-order valence-electron chi connectivity index (χ0n) is 15.4. The molecule has 1 aliphatic heterocycles. The van der Waals surface area contributed by atoms with Crippen LogP contribution in [0, 0.1) is 11.3 Å². The molecule has 1 heterocycles. The number of hydrogen-bond donors (Lipinski definition) is 1. The lowest BCUT2D eigenvalue weighted by molar-refractivity contribution is -0.118. The molecule has 1 aliphatic rings. The van der Waals surface area contributed by atoms with E-state index in [1.54, 1.807) is 31.2 Å². The molecule has 0 spiro atoms. The topological polar surface area (TPSA) is 107 Å². The Hall–Kier alpha value is -3.73. The first-order chi connectivity index (χ1) is 13.5. The average molecular weight is 382 g/mol. The number of nitrogens with one attached hydrogen (secondary N) is 1. The molecule has 2 aromatic carbocycles. The van der Waals surface area contributed by atoms with Crippen LogP contribution in [0.15, 0.2) is 30.3 Å². The van der Waals surface area contributed by atoms with Crippen molar-refractivity contribution in [2.24, 2.45) is 0 Å². The smallest absolute Gasteiger partial charge is 0.262 e. The van der Waals surface area contributed by atoms with E-state index >= 15 is 0 Å². The molecule has 0 aromatic heterocycles. The number of carbonyl (C=O) groups is 2. The molecule has 0 radical (unpaired) electrons. The molecular weight excluding hydrogens is 364 g/mol. The van der Waals surface area contributed by atoms with Gasteiger partial charge in [0.2, 0.25) is 6.79 Å². The molecule has 2 aromatic rings. The third-order valence-corrected chi connectivity index (χ3v) is 3.90. The Morgan fingerprint density at radius 1 is 1.14 bits per heavy atom. The monoisotopic (exact) mass is 382 g/mol. The molecule has 0 bridgehead atoms. The quantitative estimate of drug-likeness (QED) is 0.734. The van der Waals surface area contributed by atoms with E-state index in [0.29, 0.717) is 46.4 Å². The predicted octanol–water partition coefficient (Wildman–Crippen LogP) is 2.91. The number of carbonyl (C=O) groups excluding carboxylic acids is 2. The fourth-order valence-corrected chi connectivity index (χ4v) is 2.63. The van der Waals surface area contributed by atoms with Gasteiger partial charge in [-0.1, -0.05) is 0 Å². The van der Waals surface area contributed by atoms with Crippen LogP contribution in [-0.2, 0) is 4.79 Å². The van der Waals surface area contributed by atoms with Crippen LogP contribution in [0.2, 0.25) is 0 Å². The fourth-order valence-electron chi connectivity index (χ4n) is 2.63. The molecule has 28 heavy (non-hydrogen) atoms. The van der Waals surface area contributed by atoms with Gasteiger partial charge in [-0.15, -0.1) is 0 Å². The van der Waals surface area contributed by atoms with Crippen molar-refractivity contribution in [2.45, 2.75) is 13.8 Å². The summed E-state index contributed by atoms with van der Waals surface area (Å²) in [6.07, 6.45) is 0. The minimum absolute atomic E-state index is 0.0616. The van der Waals surface area contributed by atoms with E-state index in [1.807, 2.05) is 6.07 Å². The largest absolute Gasteiger partial charge is 0.490 e. The van der Waals surface area contributed by atoms with Gasteiger partial charge in [-0.3, -0.25) is 9.59 Å². The summed E-state index contributed by atoms with van der Waals surface area (Å²) in [6.45, 7) is 3.34. The van der Waals surface area contributed by atoms with Gasteiger partial charge in [-0.05, 0) is 32.0 Å². The van der Waals surface area contributed by atoms with Crippen molar-refractivity contribution in [1.29, 1.82) is 5.26 Å². The number of benzene rings is 2. The first-order valence-electron chi connectivity index (χ1n) is 8.56. The van der Waals surface area contributed by atoms with Crippen molar-refractivity contribution in [3.63, 3.8) is 0 Å². The summed E-state index contributed by atoms with van der Waals surface area (Å²) in [5.41, 5.74) is 1.05. The zero-order valence-corrected chi connectivity index (χ0v) is 15.4. The van der Waals surface area contributed by atoms with E-state index in [9.17, 15) is 9.59 Å². The van der Waals surface area contributed by atoms with Crippen molar-refractivity contribution in [1.82, 2.24) is 0 Å². The highest BCUT2D eigenvalue weighted by molar-refractivity contribution is 6.04. The fraction of sp³-hybridized carbons (Fsp3) is 0.250. The number of nitriles is 1. The number of ketones is 1. The van der Waals surface area contributed by atoms with Crippen molar-refractivity contribution in [2.75, 3.05) is 25.3 Å². The molecule has 1 N–H and O–H groups in total. The Morgan fingerprint density at radius 2 is 1.89 bits per heavy atom. The van der Waals surface area contributed by atoms with Crippen LogP contribution >= 0.6 is 0 Å². The molecule has 0 saturated carbocycles. The summed E-state index contributed by atoms with van der Waals surface area (Å²) >= 11 is 0. The van der Waals surface area contributed by atoms with Gasteiger partial charge < -0.3 is 24.3 Å². The maximum absolute atomic E-state index is 12.3. The summed E-state index contributed by atoms with van der Waals surface area (Å²) in [6, 6.07) is 9.78. The number of Topliss-reactive ketones (excluding diaryl/α,β-unsaturated/α-hetero) is 1. The number of hydrogen-bond acceptors (Lipinski definition) is 7. The van der Waals surface area contributed by atoms with Crippen molar-refractivity contribution in [3.05, 3.63) is 41.5 Å². The molecule has 1 amide bonds. The molecule has 0 atom stereocenters. The van der Waals surface area contributed by atoms with E-state index < -0.39 is 5.91 Å². The summed E-state index contributed by atoms with van der Waals surface area (Å²) in [5, 5.41) is 11.6. The minimum Gasteiger partial charge on any atom is -0.490 e. The van der Waals surface area contributed by atoms with Gasteiger partial charge in [0.15, 0.2) is 35.4 Å². The van der Waals surface area contributed by atoms with E-state index in [1.165, 1.54) is 13.0 Å². The number of anilines is 1. The Balaban J connectivity index is 1.72. The third kappa shape index (κ3) is 4.15. The molecule has 3 rings (SSSR count). The van der Waals surface area contributed by atoms with E-state index in [4.69, 9.17) is 24.2 Å². The first-order valence-corrected chi connectivity index (χ1v) is 8.56. The second-order valence-electron chi connectivity index (χ2n) is 5.85. The molecule has 0 fully saturated rings. The normalized spacial score (nSPS) is 11.5. The van der Waals surface area contributed by atoms with Crippen molar-refractivity contribution >= 4 is 17.4 Å². The summed E-state index contributed by atoms with van der Waals surface area (Å²) < 4.78 is 21.5. The summed E-state index contributed by atoms with van der Waals surface area (Å²) in [4.78, 5) is 24.2. The van der Waals surface area contributed by atoms with Crippen LogP contribution < -0.4 is 24.3 Å². The predicted molar refractivity (Wildman–Crippen MR) is 99.0 cm³/mol. The Kier molecular flexibility index (Phi) is 5.65. The van der Waals surface area contributed by atoms with Crippen LogP contribution in [-0.4, -0.2) is 31.7 Å². The summed E-state index contributed by atoms with van der Waals surface area (Å²) in [5.74, 6) is 0.939. The maximum Gasteiger partial charge on any atom is 0.262 e. The van der Waals surface area contributed by atoms with Crippen molar-refractivity contribution < 1.29 is 28.5 Å². The highest BCUT2D eigenvalue weighted by Gasteiger charge is 2.20. The molecule has 0 aliphatic carbocycles. The highest BCUT2D eigenvalue weighted by atomic mass is 16.7. The van der Waals surface area contributed by atoms with Gasteiger partial charge in [-0.25, -0.2) is 0 Å². The zero-order chi connectivity index (χ0) is 20.1. The standard InChI is InChI=1S/C20H18N2O6/c1-3-25-17-6-13(9-21)4-5-16(17)26-10-20(24)22-15-8-19-18(27-11-28-19)7-14(15)12(2)23/h4-8H,3,10-11H2,1-2H3,(H,22,24). The van der Waals surface area contributed by atoms with Crippen LogP contribution in [0.3, 0.4) is 0 Å². The van der Waals surface area contributed by atoms with Gasteiger partial charge >= 0.3 is 0 Å². The molecule has 144 valence electrons. The maximum atomic E-state index is 12.3. The average Bonchev–Trinajstić information content (AvgIpc) is 3.13. The van der Waals surface area contributed by atoms with Gasteiger partial charge in [0.05, 0.1) is 23.9 Å². The van der Waals surface area contributed by atoms with Crippen molar-refractivity contribution in [3.8, 4) is 29.1 Å². The van der Waals surface area contributed by atoms with Crippen LogP contribution in [0.1, 0.15) is 29.8 Å². The first kappa shape index (κ1) is 19.0. The van der Waals surface area contributed by atoms with E-state index in [-0.39, 0.29) is 19.2 Å². The number of fused-ring (bicyclic) bond motifs is 1. The molecular formula is C20H18N2O6. The summed E-state index contributed by atoms with van der Waals surface area (Å²) in [7, 11) is 0. The second-order valence-corrected chi connectivity index (χ2v) is 5.85. The lowest BCUT2D eigenvalue weighted by Crippen LogP contribution is -2.21. The highest BCUT2D eigenvalue weighted by Crippen LogP contribution is 2.37. The van der Waals surface area contributed by atoms with E-state index in [0.717, 1.165) is 0 Å². The lowest BCUT2D eigenvalue weighted by Gasteiger charge is -2.13. The Bertz CT molecular complexity index is 964. The SMILES string of the molecule is CCOc1cc(C#N)ccc1OCC(=O)Nc1cc2c(cc1C(C)=O)OCO2. The van der Waals surface area contributed by atoms with Crippen LogP contribution in [0.4, 0.5) is 5.69 Å². The van der Waals surface area contributed by atoms with Gasteiger partial charge in [0, 0.05) is 17.7 Å². The van der Waals surface area contributed by atoms with E-state index in [2.05, 4.69) is 5.32 Å². The number of nitrogens with zero attached hydrogens (tertiary/aromatic N) is 1. The molecule has 8 heteroatoms. The van der Waals surface area contributed by atoms with Crippen LogP contribution in [0.5, 0.6) is 23.0 Å². The Labute approximate surface area is 161 Å². The number of amides is 1. The number of ether oxygens (including phenoxy) is 4. The third-order valence-electron chi connectivity index (χ3n) is 3.90. The Morgan fingerprint density at radius 3 is 2.57 bits per heavy atom.